The number of esters is 1. The van der Waals surface area contributed by atoms with Crippen molar-refractivity contribution < 1.29 is 23.5 Å². The third-order valence-corrected chi connectivity index (χ3v) is 3.47. The molecule has 0 aliphatic heterocycles. The predicted molar refractivity (Wildman–Crippen MR) is 91.0 cm³/mol. The number of amides is 1. The van der Waals surface area contributed by atoms with Crippen molar-refractivity contribution in [3.8, 4) is 0 Å². The highest BCUT2D eigenvalue weighted by Crippen LogP contribution is 2.13. The molecule has 1 amide bonds. The molecule has 25 heavy (non-hydrogen) atoms. The number of Topliss-reactive ketones (excluding diaryl/α,β-unsaturated/α-hetero) is 1. The second-order valence-corrected chi connectivity index (χ2v) is 5.58. The molecule has 0 aliphatic carbocycles. The zero-order chi connectivity index (χ0) is 18.2. The van der Waals surface area contributed by atoms with Gasteiger partial charge < -0.3 is 10.1 Å². The van der Waals surface area contributed by atoms with Crippen LogP contribution in [0.4, 0.5) is 10.1 Å². The Hall–Kier alpha value is -2.73. The van der Waals surface area contributed by atoms with Crippen molar-refractivity contribution in [2.45, 2.75) is 12.8 Å². The number of halogens is 2. The van der Waals surface area contributed by atoms with Gasteiger partial charge in [0.2, 0.25) is 0 Å². The van der Waals surface area contributed by atoms with Gasteiger partial charge in [-0.2, -0.15) is 0 Å². The standard InChI is InChI=1S/C18H15ClFNO4/c19-13-3-7-15(8-4-13)21-17(23)11-25-18(24)10-9-16(22)12-1-5-14(20)6-2-12/h1-8H,9-11H2,(H,21,23). The first-order valence-corrected chi connectivity index (χ1v) is 7.81. The summed E-state index contributed by atoms with van der Waals surface area (Å²) in [5, 5.41) is 3.08. The van der Waals surface area contributed by atoms with E-state index in [0.29, 0.717) is 16.3 Å². The summed E-state index contributed by atoms with van der Waals surface area (Å²) in [7, 11) is 0. The van der Waals surface area contributed by atoms with E-state index in [2.05, 4.69) is 5.32 Å². The minimum Gasteiger partial charge on any atom is -0.456 e. The summed E-state index contributed by atoms with van der Waals surface area (Å²) in [5.41, 5.74) is 0.839. The van der Waals surface area contributed by atoms with Crippen molar-refractivity contribution in [1.29, 1.82) is 0 Å². The Bertz CT molecular complexity index is 760. The number of nitrogens with one attached hydrogen (secondary N) is 1. The lowest BCUT2D eigenvalue weighted by molar-refractivity contribution is -0.147. The van der Waals surface area contributed by atoms with Gasteiger partial charge >= 0.3 is 5.97 Å². The molecule has 0 radical (unpaired) electrons. The number of carbonyl (C=O) groups is 3. The first kappa shape index (κ1) is 18.6. The summed E-state index contributed by atoms with van der Waals surface area (Å²) in [4.78, 5) is 35.1. The molecular formula is C18H15ClFNO4. The maximum Gasteiger partial charge on any atom is 0.306 e. The fourth-order valence-electron chi connectivity index (χ4n) is 1.94. The fraction of sp³-hybridized carbons (Fsp3) is 0.167. The Morgan fingerprint density at radius 1 is 0.960 bits per heavy atom. The van der Waals surface area contributed by atoms with E-state index in [1.165, 1.54) is 24.3 Å². The maximum absolute atomic E-state index is 12.8. The molecule has 0 aliphatic rings. The van der Waals surface area contributed by atoms with Crippen molar-refractivity contribution in [2.75, 3.05) is 11.9 Å². The molecule has 2 rings (SSSR count). The van der Waals surface area contributed by atoms with Crippen molar-refractivity contribution >= 4 is 34.9 Å². The number of benzene rings is 2. The molecule has 0 aromatic heterocycles. The van der Waals surface area contributed by atoms with Gasteiger partial charge in [-0.3, -0.25) is 14.4 Å². The van der Waals surface area contributed by atoms with Crippen LogP contribution in [0.1, 0.15) is 23.2 Å². The van der Waals surface area contributed by atoms with Crippen LogP contribution in [0.5, 0.6) is 0 Å². The molecule has 0 saturated heterocycles. The topological polar surface area (TPSA) is 72.5 Å². The van der Waals surface area contributed by atoms with E-state index in [1.807, 2.05) is 0 Å². The van der Waals surface area contributed by atoms with Crippen LogP contribution in [-0.2, 0) is 14.3 Å². The average Bonchev–Trinajstić information content (AvgIpc) is 2.60. The molecule has 0 saturated carbocycles. The monoisotopic (exact) mass is 363 g/mol. The lowest BCUT2D eigenvalue weighted by Gasteiger charge is -2.06. The molecule has 0 heterocycles. The lowest BCUT2D eigenvalue weighted by atomic mass is 10.1. The Morgan fingerprint density at radius 2 is 1.60 bits per heavy atom. The molecule has 2 aromatic carbocycles. The van der Waals surface area contributed by atoms with Crippen LogP contribution in [0.3, 0.4) is 0 Å². The minimum absolute atomic E-state index is 0.0801. The van der Waals surface area contributed by atoms with Gasteiger partial charge in [-0.25, -0.2) is 4.39 Å². The summed E-state index contributed by atoms with van der Waals surface area (Å²) in [6.07, 6.45) is -0.242. The first-order chi connectivity index (χ1) is 11.9. The summed E-state index contributed by atoms with van der Waals surface area (Å²) >= 11 is 5.74. The van der Waals surface area contributed by atoms with Crippen LogP contribution in [0.15, 0.2) is 48.5 Å². The number of hydrogen-bond donors (Lipinski definition) is 1. The number of ether oxygens (including phenoxy) is 1. The first-order valence-electron chi connectivity index (χ1n) is 7.44. The fourth-order valence-corrected chi connectivity index (χ4v) is 2.07. The normalized spacial score (nSPS) is 10.2. The number of ketones is 1. The zero-order valence-electron chi connectivity index (χ0n) is 13.1. The number of anilines is 1. The van der Waals surface area contributed by atoms with Crippen LogP contribution < -0.4 is 5.32 Å². The van der Waals surface area contributed by atoms with E-state index in [-0.39, 0.29) is 18.6 Å². The van der Waals surface area contributed by atoms with E-state index < -0.39 is 24.3 Å². The predicted octanol–water partition coefficient (Wildman–Crippen LogP) is 3.62. The van der Waals surface area contributed by atoms with Crippen molar-refractivity contribution in [1.82, 2.24) is 0 Å². The van der Waals surface area contributed by atoms with Crippen molar-refractivity contribution in [2.24, 2.45) is 0 Å². The maximum atomic E-state index is 12.8. The second-order valence-electron chi connectivity index (χ2n) is 5.15. The van der Waals surface area contributed by atoms with Crippen molar-refractivity contribution in [3.05, 3.63) is 64.9 Å². The molecule has 2 aromatic rings. The summed E-state index contributed by atoms with van der Waals surface area (Å²) < 4.78 is 17.6. The van der Waals surface area contributed by atoms with E-state index in [0.717, 1.165) is 0 Å². The smallest absolute Gasteiger partial charge is 0.306 e. The van der Waals surface area contributed by atoms with Gasteiger partial charge in [-0.05, 0) is 48.5 Å². The highest BCUT2D eigenvalue weighted by Gasteiger charge is 2.12. The van der Waals surface area contributed by atoms with Gasteiger partial charge in [0.1, 0.15) is 5.82 Å². The molecule has 1 N–H and O–H groups in total. The molecule has 7 heteroatoms. The summed E-state index contributed by atoms with van der Waals surface area (Å²) in [6, 6.07) is 11.5. The van der Waals surface area contributed by atoms with Crippen LogP contribution in [0.25, 0.3) is 0 Å². The molecule has 5 nitrogen and oxygen atoms in total. The van der Waals surface area contributed by atoms with Gasteiger partial charge in [-0.1, -0.05) is 11.6 Å². The Kier molecular flexibility index (Phi) is 6.65. The van der Waals surface area contributed by atoms with Crippen LogP contribution in [0, 0.1) is 5.82 Å². The third kappa shape index (κ3) is 6.35. The molecular weight excluding hydrogens is 349 g/mol. The van der Waals surface area contributed by atoms with Gasteiger partial charge in [0.05, 0.1) is 6.42 Å². The van der Waals surface area contributed by atoms with E-state index in [4.69, 9.17) is 16.3 Å². The van der Waals surface area contributed by atoms with E-state index in [1.54, 1.807) is 24.3 Å². The van der Waals surface area contributed by atoms with Gasteiger partial charge in [0, 0.05) is 22.7 Å². The average molecular weight is 364 g/mol. The number of hydrogen-bond acceptors (Lipinski definition) is 4. The molecule has 0 unspecified atom stereocenters. The van der Waals surface area contributed by atoms with Crippen LogP contribution in [0.2, 0.25) is 5.02 Å². The van der Waals surface area contributed by atoms with Gasteiger partial charge in [-0.15, -0.1) is 0 Å². The SMILES string of the molecule is O=C(COC(=O)CCC(=O)c1ccc(F)cc1)Nc1ccc(Cl)cc1. The van der Waals surface area contributed by atoms with E-state index in [9.17, 15) is 18.8 Å². The lowest BCUT2D eigenvalue weighted by Crippen LogP contribution is -2.21. The third-order valence-electron chi connectivity index (χ3n) is 3.21. The van der Waals surface area contributed by atoms with E-state index >= 15 is 0 Å². The Morgan fingerprint density at radius 3 is 2.24 bits per heavy atom. The molecule has 0 fully saturated rings. The quantitative estimate of drug-likeness (QED) is 0.602. The summed E-state index contributed by atoms with van der Waals surface area (Å²) in [5.74, 6) is -1.91. The molecule has 0 bridgehead atoms. The zero-order valence-corrected chi connectivity index (χ0v) is 13.9. The summed E-state index contributed by atoms with van der Waals surface area (Å²) in [6.45, 7) is -0.452. The Labute approximate surface area is 148 Å². The molecule has 0 spiro atoms. The minimum atomic E-state index is -0.665. The second kappa shape index (κ2) is 8.94. The van der Waals surface area contributed by atoms with Gasteiger partial charge in [0.25, 0.3) is 5.91 Å². The number of rotatable bonds is 7. The highest BCUT2D eigenvalue weighted by molar-refractivity contribution is 6.30. The number of carbonyl (C=O) groups excluding carboxylic acids is 3. The molecule has 130 valence electrons. The highest BCUT2D eigenvalue weighted by atomic mass is 35.5. The van der Waals surface area contributed by atoms with Gasteiger partial charge in [0.15, 0.2) is 12.4 Å². The largest absolute Gasteiger partial charge is 0.456 e. The van der Waals surface area contributed by atoms with Crippen LogP contribution >= 0.6 is 11.6 Å². The molecule has 0 atom stereocenters. The Balaban J connectivity index is 1.71. The van der Waals surface area contributed by atoms with Crippen LogP contribution in [-0.4, -0.2) is 24.3 Å². The van der Waals surface area contributed by atoms with Crippen molar-refractivity contribution in [3.63, 3.8) is 0 Å².